The Morgan fingerprint density at radius 2 is 2.24 bits per heavy atom. The maximum atomic E-state index is 13.6. The van der Waals surface area contributed by atoms with Gasteiger partial charge in [-0.25, -0.2) is 4.39 Å². The zero-order valence-electron chi connectivity index (χ0n) is 8.73. The summed E-state index contributed by atoms with van der Waals surface area (Å²) in [4.78, 5) is 3.97. The predicted molar refractivity (Wildman–Crippen MR) is 62.3 cm³/mol. The van der Waals surface area contributed by atoms with Crippen LogP contribution < -0.4 is 11.5 Å². The molecule has 0 aliphatic rings. The van der Waals surface area contributed by atoms with Crippen LogP contribution in [0, 0.1) is 5.82 Å². The second-order valence-corrected chi connectivity index (χ2v) is 4.31. The smallest absolute Gasteiger partial charge is 0.240 e. The third-order valence-corrected chi connectivity index (χ3v) is 2.72. The molecule has 0 fully saturated rings. The molecule has 2 rings (SSSR count). The first-order valence-corrected chi connectivity index (χ1v) is 5.64. The Morgan fingerprint density at radius 3 is 2.88 bits per heavy atom. The Bertz CT molecular complexity index is 531. The van der Waals surface area contributed by atoms with Crippen LogP contribution in [-0.4, -0.2) is 10.1 Å². The molecule has 0 saturated carbocycles. The van der Waals surface area contributed by atoms with Gasteiger partial charge in [-0.2, -0.15) is 4.98 Å². The normalized spacial score (nSPS) is 12.7. The highest BCUT2D eigenvalue weighted by Crippen LogP contribution is 2.23. The highest BCUT2D eigenvalue weighted by molar-refractivity contribution is 9.10. The highest BCUT2D eigenvalue weighted by atomic mass is 79.9. The van der Waals surface area contributed by atoms with E-state index < -0.39 is 11.9 Å². The van der Waals surface area contributed by atoms with E-state index in [0.717, 1.165) is 4.47 Å². The maximum absolute atomic E-state index is 13.6. The van der Waals surface area contributed by atoms with Crippen molar-refractivity contribution in [1.29, 1.82) is 0 Å². The van der Waals surface area contributed by atoms with Gasteiger partial charge in [-0.15, -0.1) is 0 Å². The standard InChI is InChI=1S/C10H10BrFN4O/c11-5-1-2-7(12)6(3-5)9(14)10-15-8(4-13)17-16-10/h1-3,9H,4,13-14H2. The van der Waals surface area contributed by atoms with Gasteiger partial charge < -0.3 is 16.0 Å². The van der Waals surface area contributed by atoms with Crippen molar-refractivity contribution in [2.45, 2.75) is 12.6 Å². The zero-order chi connectivity index (χ0) is 12.4. The summed E-state index contributed by atoms with van der Waals surface area (Å²) >= 11 is 3.25. The van der Waals surface area contributed by atoms with Gasteiger partial charge in [0.15, 0.2) is 5.82 Å². The summed E-state index contributed by atoms with van der Waals surface area (Å²) in [5.41, 5.74) is 11.5. The van der Waals surface area contributed by atoms with E-state index >= 15 is 0 Å². The lowest BCUT2D eigenvalue weighted by atomic mass is 10.1. The molecule has 0 spiro atoms. The molecule has 1 aromatic heterocycles. The number of benzene rings is 1. The van der Waals surface area contributed by atoms with Gasteiger partial charge in [0.05, 0.1) is 12.6 Å². The topological polar surface area (TPSA) is 91.0 Å². The van der Waals surface area contributed by atoms with Crippen molar-refractivity contribution in [3.8, 4) is 0 Å². The molecule has 1 atom stereocenters. The molecule has 90 valence electrons. The van der Waals surface area contributed by atoms with E-state index in [4.69, 9.17) is 16.0 Å². The lowest BCUT2D eigenvalue weighted by molar-refractivity contribution is 0.372. The van der Waals surface area contributed by atoms with Crippen LogP contribution in [0.25, 0.3) is 0 Å². The van der Waals surface area contributed by atoms with Gasteiger partial charge >= 0.3 is 0 Å². The molecule has 1 unspecified atom stereocenters. The van der Waals surface area contributed by atoms with Crippen LogP contribution in [-0.2, 0) is 6.54 Å². The third kappa shape index (κ3) is 2.51. The van der Waals surface area contributed by atoms with Gasteiger partial charge in [0.2, 0.25) is 5.89 Å². The van der Waals surface area contributed by atoms with Gasteiger partial charge in [0.25, 0.3) is 0 Å². The van der Waals surface area contributed by atoms with E-state index in [0.29, 0.717) is 5.56 Å². The number of rotatable bonds is 3. The van der Waals surface area contributed by atoms with E-state index in [-0.39, 0.29) is 18.3 Å². The molecule has 1 heterocycles. The van der Waals surface area contributed by atoms with Crippen LogP contribution in [0.2, 0.25) is 0 Å². The Kier molecular flexibility index (Phi) is 3.51. The summed E-state index contributed by atoms with van der Waals surface area (Å²) in [5.74, 6) is 0.0631. The van der Waals surface area contributed by atoms with E-state index in [1.807, 2.05) is 0 Å². The van der Waals surface area contributed by atoms with Crippen LogP contribution in [0.15, 0.2) is 27.2 Å². The van der Waals surface area contributed by atoms with Crippen molar-refractivity contribution in [3.63, 3.8) is 0 Å². The van der Waals surface area contributed by atoms with Crippen molar-refractivity contribution in [2.75, 3.05) is 0 Å². The van der Waals surface area contributed by atoms with Gasteiger partial charge in [-0.1, -0.05) is 21.1 Å². The number of hydrogen-bond acceptors (Lipinski definition) is 5. The number of hydrogen-bond donors (Lipinski definition) is 2. The quantitative estimate of drug-likeness (QED) is 0.896. The fourth-order valence-electron chi connectivity index (χ4n) is 1.37. The molecule has 0 amide bonds. The lowest BCUT2D eigenvalue weighted by Gasteiger charge is -2.08. The fraction of sp³-hybridized carbons (Fsp3) is 0.200. The molecule has 0 aliphatic carbocycles. The number of nitrogens with zero attached hydrogens (tertiary/aromatic N) is 2. The summed E-state index contributed by atoms with van der Waals surface area (Å²) < 4.78 is 19.1. The lowest BCUT2D eigenvalue weighted by Crippen LogP contribution is -2.15. The number of halogens is 2. The summed E-state index contributed by atoms with van der Waals surface area (Å²) in [7, 11) is 0. The molecule has 7 heteroatoms. The fourth-order valence-corrected chi connectivity index (χ4v) is 1.75. The summed E-state index contributed by atoms with van der Waals surface area (Å²) in [6.07, 6.45) is 0. The van der Waals surface area contributed by atoms with E-state index in [1.54, 1.807) is 12.1 Å². The van der Waals surface area contributed by atoms with Gasteiger partial charge in [-0.05, 0) is 18.2 Å². The first-order valence-electron chi connectivity index (χ1n) is 4.85. The molecular weight excluding hydrogens is 291 g/mol. The second kappa shape index (κ2) is 4.91. The predicted octanol–water partition coefficient (Wildman–Crippen LogP) is 1.48. The summed E-state index contributed by atoms with van der Waals surface area (Å²) in [6, 6.07) is 3.71. The Labute approximate surface area is 105 Å². The molecular formula is C10H10BrFN4O. The SMILES string of the molecule is NCc1nc(C(N)c2cc(Br)ccc2F)no1. The first-order chi connectivity index (χ1) is 8.11. The molecule has 0 radical (unpaired) electrons. The van der Waals surface area contributed by atoms with Crippen LogP contribution >= 0.6 is 15.9 Å². The third-order valence-electron chi connectivity index (χ3n) is 2.23. The van der Waals surface area contributed by atoms with E-state index in [9.17, 15) is 4.39 Å². The van der Waals surface area contributed by atoms with E-state index in [2.05, 4.69) is 26.1 Å². The van der Waals surface area contributed by atoms with Crippen molar-refractivity contribution in [3.05, 3.63) is 45.8 Å². The highest BCUT2D eigenvalue weighted by Gasteiger charge is 2.19. The second-order valence-electron chi connectivity index (χ2n) is 3.39. The molecule has 1 aromatic carbocycles. The maximum Gasteiger partial charge on any atom is 0.240 e. The minimum Gasteiger partial charge on any atom is -0.338 e. The van der Waals surface area contributed by atoms with Crippen LogP contribution in [0.5, 0.6) is 0 Å². The molecule has 2 aromatic rings. The minimum atomic E-state index is -0.781. The molecule has 0 bridgehead atoms. The first kappa shape index (κ1) is 12.2. The Morgan fingerprint density at radius 1 is 1.47 bits per heavy atom. The van der Waals surface area contributed by atoms with Crippen LogP contribution in [0.4, 0.5) is 4.39 Å². The van der Waals surface area contributed by atoms with Gasteiger partial charge in [-0.3, -0.25) is 0 Å². The Hall–Kier alpha value is -1.31. The monoisotopic (exact) mass is 300 g/mol. The molecule has 0 aliphatic heterocycles. The number of aromatic nitrogens is 2. The van der Waals surface area contributed by atoms with Crippen molar-refractivity contribution >= 4 is 15.9 Å². The van der Waals surface area contributed by atoms with Gasteiger partial charge in [0, 0.05) is 10.0 Å². The van der Waals surface area contributed by atoms with Crippen molar-refractivity contribution < 1.29 is 8.91 Å². The van der Waals surface area contributed by atoms with Gasteiger partial charge in [0.1, 0.15) is 5.82 Å². The largest absolute Gasteiger partial charge is 0.338 e. The Balaban J connectivity index is 2.35. The minimum absolute atomic E-state index is 0.126. The van der Waals surface area contributed by atoms with Crippen LogP contribution in [0.1, 0.15) is 23.3 Å². The number of nitrogens with two attached hydrogens (primary N) is 2. The molecule has 4 N–H and O–H groups in total. The van der Waals surface area contributed by atoms with E-state index in [1.165, 1.54) is 6.07 Å². The average molecular weight is 301 g/mol. The zero-order valence-corrected chi connectivity index (χ0v) is 10.3. The molecule has 17 heavy (non-hydrogen) atoms. The molecule has 5 nitrogen and oxygen atoms in total. The van der Waals surface area contributed by atoms with Crippen molar-refractivity contribution in [1.82, 2.24) is 10.1 Å². The van der Waals surface area contributed by atoms with Crippen molar-refractivity contribution in [2.24, 2.45) is 11.5 Å². The molecule has 0 saturated heterocycles. The van der Waals surface area contributed by atoms with Crippen LogP contribution in [0.3, 0.4) is 0 Å². The summed E-state index contributed by atoms with van der Waals surface area (Å²) in [6.45, 7) is 0.126. The average Bonchev–Trinajstić information content (AvgIpc) is 2.80. The summed E-state index contributed by atoms with van der Waals surface area (Å²) in [5, 5.41) is 3.66.